The van der Waals surface area contributed by atoms with Crippen LogP contribution in [0.5, 0.6) is 0 Å². The summed E-state index contributed by atoms with van der Waals surface area (Å²) in [7, 11) is -3.58. The van der Waals surface area contributed by atoms with E-state index in [1.807, 2.05) is 24.3 Å². The van der Waals surface area contributed by atoms with Crippen molar-refractivity contribution in [2.45, 2.75) is 45.6 Å². The van der Waals surface area contributed by atoms with Gasteiger partial charge >= 0.3 is 5.97 Å². The number of hydrogen-bond donors (Lipinski definition) is 1. The lowest BCUT2D eigenvalue weighted by Gasteiger charge is -2.37. The number of carbonyl (C=O) groups excluding carboxylic acids is 2. The molecule has 1 aromatic carbocycles. The second kappa shape index (κ2) is 10.3. The van der Waals surface area contributed by atoms with E-state index < -0.39 is 38.9 Å². The van der Waals surface area contributed by atoms with Crippen LogP contribution in [0.25, 0.3) is 0 Å². The van der Waals surface area contributed by atoms with Gasteiger partial charge in [-0.05, 0) is 43.7 Å². The number of cyclic esters (lactones) is 1. The minimum atomic E-state index is -3.58. The number of benzene rings is 1. The van der Waals surface area contributed by atoms with E-state index in [0.29, 0.717) is 25.7 Å². The second-order valence-electron chi connectivity index (χ2n) is 8.69. The van der Waals surface area contributed by atoms with Gasteiger partial charge < -0.3 is 10.5 Å². The molecule has 2 rings (SSSR count). The Labute approximate surface area is 185 Å². The molecule has 1 aliphatic rings. The first kappa shape index (κ1) is 24.9. The molecule has 0 spiro atoms. The van der Waals surface area contributed by atoms with Gasteiger partial charge in [0.25, 0.3) is 0 Å². The number of sulfone groups is 1. The van der Waals surface area contributed by atoms with Gasteiger partial charge in [-0.2, -0.15) is 0 Å². The Bertz CT molecular complexity index is 939. The fourth-order valence-corrected chi connectivity index (χ4v) is 6.17. The van der Waals surface area contributed by atoms with E-state index in [9.17, 15) is 18.0 Å². The van der Waals surface area contributed by atoms with Crippen molar-refractivity contribution in [1.29, 1.82) is 0 Å². The number of carbonyl (C=O) groups is 2. The zero-order valence-corrected chi connectivity index (χ0v) is 19.2. The Balaban J connectivity index is 2.46. The number of allylic oxidation sites excluding steroid dienone is 2. The van der Waals surface area contributed by atoms with Gasteiger partial charge in [0.15, 0.2) is 9.84 Å². The molecule has 2 N–H and O–H groups in total. The molecule has 31 heavy (non-hydrogen) atoms. The normalized spacial score (nSPS) is 21.7. The molecule has 4 atom stereocenters. The first-order chi connectivity index (χ1) is 14.5. The van der Waals surface area contributed by atoms with E-state index in [4.69, 9.17) is 10.5 Å². The van der Waals surface area contributed by atoms with Gasteiger partial charge in [-0.15, -0.1) is 13.2 Å². The van der Waals surface area contributed by atoms with Gasteiger partial charge in [-0.25, -0.2) is 8.42 Å². The lowest BCUT2D eigenvalue weighted by molar-refractivity contribution is -0.149. The molecule has 0 radical (unpaired) electrons. The molecule has 6 nitrogen and oxygen atoms in total. The molecule has 0 aromatic heterocycles. The lowest BCUT2D eigenvalue weighted by Crippen LogP contribution is -2.51. The predicted octanol–water partition coefficient (Wildman–Crippen LogP) is 3.01. The summed E-state index contributed by atoms with van der Waals surface area (Å²) in [4.78, 5) is 24.8. The Morgan fingerprint density at radius 2 is 2.00 bits per heavy atom. The third-order valence-electron chi connectivity index (χ3n) is 6.07. The summed E-state index contributed by atoms with van der Waals surface area (Å²) in [6, 6.07) is 7.82. The maximum atomic E-state index is 12.8. The van der Waals surface area contributed by atoms with Gasteiger partial charge in [0.2, 0.25) is 5.91 Å². The quantitative estimate of drug-likeness (QED) is 0.392. The highest BCUT2D eigenvalue weighted by Crippen LogP contribution is 2.40. The van der Waals surface area contributed by atoms with Crippen LogP contribution in [0.3, 0.4) is 0 Å². The average Bonchev–Trinajstić information content (AvgIpc) is 3.02. The van der Waals surface area contributed by atoms with Crippen molar-refractivity contribution < 1.29 is 22.7 Å². The predicted molar refractivity (Wildman–Crippen MR) is 122 cm³/mol. The highest BCUT2D eigenvalue weighted by Gasteiger charge is 2.50. The van der Waals surface area contributed by atoms with Crippen LogP contribution < -0.4 is 5.73 Å². The topological polar surface area (TPSA) is 104 Å². The van der Waals surface area contributed by atoms with Crippen LogP contribution in [-0.2, 0) is 37.0 Å². The standard InChI is InChI=1S/C24H33NO5S/c1-5-7-12-31(28,29)16-24(4,23(25)27)20(21-13-17(3)22(26)30-21)15-19-11-8-10-18(14-19)9-6-2/h5-6,8,10-11,14,17,20-21H,1-2,7,9,12-13,15-16H2,3-4H3,(H2,25,27)/t17-,20-,21+,24?/m1/s1. The number of amides is 1. The minimum Gasteiger partial charge on any atom is -0.462 e. The molecule has 1 amide bonds. The molecule has 1 aromatic rings. The van der Waals surface area contributed by atoms with Crippen molar-refractivity contribution in [2.24, 2.45) is 23.0 Å². The average molecular weight is 448 g/mol. The van der Waals surface area contributed by atoms with Crippen molar-refractivity contribution in [1.82, 2.24) is 0 Å². The Kier molecular flexibility index (Phi) is 8.23. The summed E-state index contributed by atoms with van der Waals surface area (Å²) >= 11 is 0. The smallest absolute Gasteiger partial charge is 0.309 e. The summed E-state index contributed by atoms with van der Waals surface area (Å²) < 4.78 is 31.2. The van der Waals surface area contributed by atoms with Crippen LogP contribution in [0.1, 0.15) is 37.8 Å². The maximum absolute atomic E-state index is 12.8. The molecule has 0 aliphatic carbocycles. The number of rotatable bonds is 12. The van der Waals surface area contributed by atoms with Gasteiger partial charge in [0.1, 0.15) is 6.10 Å². The van der Waals surface area contributed by atoms with Gasteiger partial charge in [-0.3, -0.25) is 9.59 Å². The van der Waals surface area contributed by atoms with Crippen LogP contribution in [0.15, 0.2) is 49.6 Å². The number of nitrogens with two attached hydrogens (primary N) is 1. The molecule has 0 bridgehead atoms. The van der Waals surface area contributed by atoms with Crippen LogP contribution >= 0.6 is 0 Å². The summed E-state index contributed by atoms with van der Waals surface area (Å²) in [6.45, 7) is 10.7. The molecule has 7 heteroatoms. The molecule has 0 saturated carbocycles. The highest BCUT2D eigenvalue weighted by molar-refractivity contribution is 7.91. The molecule has 170 valence electrons. The van der Waals surface area contributed by atoms with Gasteiger partial charge in [0.05, 0.1) is 22.8 Å². The fourth-order valence-electron chi connectivity index (χ4n) is 4.23. The molecule has 1 unspecified atom stereocenters. The summed E-state index contributed by atoms with van der Waals surface area (Å²) in [5, 5.41) is 0. The second-order valence-corrected chi connectivity index (χ2v) is 10.9. The minimum absolute atomic E-state index is 0.109. The van der Waals surface area contributed by atoms with Crippen LogP contribution in [0, 0.1) is 17.3 Å². The SMILES string of the molecule is C=CCCS(=O)(=O)CC(C)(C(N)=O)[C@H](Cc1cccc(CC=C)c1)[C@@H]1C[C@@H](C)C(=O)O1. The number of ether oxygens (including phenoxy) is 1. The molecular weight excluding hydrogens is 414 g/mol. The zero-order valence-electron chi connectivity index (χ0n) is 18.4. The van der Waals surface area contributed by atoms with E-state index in [2.05, 4.69) is 13.2 Å². The maximum Gasteiger partial charge on any atom is 0.309 e. The van der Waals surface area contributed by atoms with Crippen LogP contribution in [-0.4, -0.2) is 37.9 Å². The van der Waals surface area contributed by atoms with E-state index in [0.717, 1.165) is 11.1 Å². The zero-order chi connectivity index (χ0) is 23.2. The van der Waals surface area contributed by atoms with Crippen LogP contribution in [0.4, 0.5) is 0 Å². The van der Waals surface area contributed by atoms with Crippen molar-refractivity contribution in [2.75, 3.05) is 11.5 Å². The number of primary amides is 1. The Hall–Kier alpha value is -2.41. The monoisotopic (exact) mass is 447 g/mol. The van der Waals surface area contributed by atoms with Crippen LogP contribution in [0.2, 0.25) is 0 Å². The van der Waals surface area contributed by atoms with Gasteiger partial charge in [-0.1, -0.05) is 43.3 Å². The van der Waals surface area contributed by atoms with E-state index in [-0.39, 0.29) is 17.6 Å². The Morgan fingerprint density at radius 3 is 2.55 bits per heavy atom. The van der Waals surface area contributed by atoms with Crippen molar-refractivity contribution in [3.63, 3.8) is 0 Å². The summed E-state index contributed by atoms with van der Waals surface area (Å²) in [6.07, 6.45) is 4.52. The Morgan fingerprint density at radius 1 is 1.32 bits per heavy atom. The molecule has 1 saturated heterocycles. The fraction of sp³-hybridized carbons (Fsp3) is 0.500. The molecule has 1 fully saturated rings. The molecule has 1 heterocycles. The van der Waals surface area contributed by atoms with E-state index >= 15 is 0 Å². The first-order valence-corrected chi connectivity index (χ1v) is 12.3. The van der Waals surface area contributed by atoms with Crippen molar-refractivity contribution >= 4 is 21.7 Å². The number of esters is 1. The summed E-state index contributed by atoms with van der Waals surface area (Å²) in [5.41, 5.74) is 6.38. The lowest BCUT2D eigenvalue weighted by atomic mass is 9.70. The molecular formula is C24H33NO5S. The largest absolute Gasteiger partial charge is 0.462 e. The third-order valence-corrected chi connectivity index (χ3v) is 7.96. The highest BCUT2D eigenvalue weighted by atomic mass is 32.2. The third kappa shape index (κ3) is 6.29. The summed E-state index contributed by atoms with van der Waals surface area (Å²) in [5.74, 6) is -2.44. The van der Waals surface area contributed by atoms with Gasteiger partial charge in [0, 0.05) is 5.92 Å². The first-order valence-electron chi connectivity index (χ1n) is 10.5. The number of hydrogen-bond acceptors (Lipinski definition) is 5. The molecule has 1 aliphatic heterocycles. The van der Waals surface area contributed by atoms with Crippen molar-refractivity contribution in [3.8, 4) is 0 Å². The van der Waals surface area contributed by atoms with E-state index in [1.54, 1.807) is 19.9 Å². The van der Waals surface area contributed by atoms with Crippen molar-refractivity contribution in [3.05, 3.63) is 60.7 Å². The van der Waals surface area contributed by atoms with E-state index in [1.165, 1.54) is 6.08 Å².